The predicted octanol–water partition coefficient (Wildman–Crippen LogP) is 2.41. The molecular formula is C19H32FIN4O2. The van der Waals surface area contributed by atoms with E-state index in [4.69, 9.17) is 14.5 Å². The van der Waals surface area contributed by atoms with Gasteiger partial charge in [-0.05, 0) is 31.5 Å². The highest BCUT2D eigenvalue weighted by molar-refractivity contribution is 14.0. The first-order chi connectivity index (χ1) is 12.6. The number of nitrogens with one attached hydrogen (secondary N) is 2. The zero-order valence-corrected chi connectivity index (χ0v) is 18.7. The summed E-state index contributed by atoms with van der Waals surface area (Å²) in [5, 5.41) is 6.60. The first-order valence-electron chi connectivity index (χ1n) is 9.25. The molecule has 1 aromatic carbocycles. The molecule has 2 N–H and O–H groups in total. The molecule has 0 saturated carbocycles. The number of morpholine rings is 1. The Kier molecular flexibility index (Phi) is 11.8. The van der Waals surface area contributed by atoms with Crippen molar-refractivity contribution in [1.29, 1.82) is 0 Å². The molecule has 1 fully saturated rings. The van der Waals surface area contributed by atoms with Gasteiger partial charge in [-0.15, -0.1) is 24.0 Å². The van der Waals surface area contributed by atoms with Crippen molar-refractivity contribution in [1.82, 2.24) is 15.5 Å². The van der Waals surface area contributed by atoms with E-state index in [1.807, 2.05) is 19.9 Å². The van der Waals surface area contributed by atoms with Crippen molar-refractivity contribution in [2.45, 2.75) is 25.9 Å². The number of rotatable bonds is 8. The van der Waals surface area contributed by atoms with Crippen LogP contribution < -0.4 is 10.6 Å². The number of benzene rings is 1. The number of methoxy groups -OCH3 is 1. The van der Waals surface area contributed by atoms with Gasteiger partial charge in [-0.3, -0.25) is 9.89 Å². The van der Waals surface area contributed by atoms with Crippen LogP contribution in [-0.4, -0.2) is 70.0 Å². The third-order valence-corrected chi connectivity index (χ3v) is 4.29. The van der Waals surface area contributed by atoms with Crippen LogP contribution >= 0.6 is 24.0 Å². The minimum atomic E-state index is -0.219. The molecule has 2 unspecified atom stereocenters. The molecule has 0 bridgehead atoms. The number of hydrogen-bond acceptors (Lipinski definition) is 4. The summed E-state index contributed by atoms with van der Waals surface area (Å²) < 4.78 is 24.4. The SMILES string of the molecule is CCNC(=NCC(c1cccc(F)c1)N1CCOCC1)NC(C)COC.I. The Morgan fingerprint density at radius 3 is 2.74 bits per heavy atom. The summed E-state index contributed by atoms with van der Waals surface area (Å²) in [4.78, 5) is 7.06. The maximum absolute atomic E-state index is 13.8. The van der Waals surface area contributed by atoms with Crippen LogP contribution in [0.15, 0.2) is 29.3 Å². The van der Waals surface area contributed by atoms with E-state index in [1.54, 1.807) is 19.2 Å². The molecule has 27 heavy (non-hydrogen) atoms. The summed E-state index contributed by atoms with van der Waals surface area (Å²) in [6.07, 6.45) is 0. The van der Waals surface area contributed by atoms with Gasteiger partial charge in [-0.1, -0.05) is 12.1 Å². The van der Waals surface area contributed by atoms with E-state index in [0.717, 1.165) is 31.2 Å². The molecule has 1 heterocycles. The van der Waals surface area contributed by atoms with Crippen LogP contribution in [0.4, 0.5) is 4.39 Å². The fourth-order valence-corrected chi connectivity index (χ4v) is 3.06. The maximum Gasteiger partial charge on any atom is 0.191 e. The second-order valence-electron chi connectivity index (χ2n) is 6.44. The van der Waals surface area contributed by atoms with Gasteiger partial charge >= 0.3 is 0 Å². The smallest absolute Gasteiger partial charge is 0.191 e. The van der Waals surface area contributed by atoms with Crippen molar-refractivity contribution < 1.29 is 13.9 Å². The van der Waals surface area contributed by atoms with Crippen molar-refractivity contribution in [2.24, 2.45) is 4.99 Å². The summed E-state index contributed by atoms with van der Waals surface area (Å²) in [7, 11) is 1.68. The van der Waals surface area contributed by atoms with Crippen molar-refractivity contribution in [3.8, 4) is 0 Å². The molecular weight excluding hydrogens is 462 g/mol. The van der Waals surface area contributed by atoms with Gasteiger partial charge in [0, 0.05) is 32.8 Å². The summed E-state index contributed by atoms with van der Waals surface area (Å²) in [6.45, 7) is 9.01. The molecule has 0 aromatic heterocycles. The lowest BCUT2D eigenvalue weighted by molar-refractivity contribution is 0.0179. The fourth-order valence-electron chi connectivity index (χ4n) is 3.06. The standard InChI is InChI=1S/C19H31FN4O2.HI/c1-4-21-19(23-15(2)14-25-3)22-13-18(24-8-10-26-11-9-24)16-6-5-7-17(20)12-16;/h5-7,12,15,18H,4,8-11,13-14H2,1-3H3,(H2,21,22,23);1H. The van der Waals surface area contributed by atoms with Gasteiger partial charge in [-0.25, -0.2) is 4.39 Å². The third kappa shape index (κ3) is 8.28. The second kappa shape index (κ2) is 13.2. The van der Waals surface area contributed by atoms with Gasteiger partial charge in [0.1, 0.15) is 5.82 Å². The van der Waals surface area contributed by atoms with E-state index in [9.17, 15) is 4.39 Å². The molecule has 154 valence electrons. The summed E-state index contributed by atoms with van der Waals surface area (Å²) in [5.74, 6) is 0.523. The average Bonchev–Trinajstić information content (AvgIpc) is 2.63. The molecule has 1 aliphatic rings. The molecule has 0 radical (unpaired) electrons. The Labute approximate surface area is 178 Å². The van der Waals surface area contributed by atoms with Gasteiger partial charge in [0.15, 0.2) is 5.96 Å². The first kappa shape index (κ1) is 24.1. The number of aliphatic imine (C=N–C) groups is 1. The van der Waals surface area contributed by atoms with Gasteiger partial charge < -0.3 is 20.1 Å². The van der Waals surface area contributed by atoms with Crippen molar-refractivity contribution in [3.63, 3.8) is 0 Å². The Morgan fingerprint density at radius 1 is 1.37 bits per heavy atom. The van der Waals surface area contributed by atoms with Crippen LogP contribution in [0.1, 0.15) is 25.5 Å². The topological polar surface area (TPSA) is 58.1 Å². The molecule has 0 aliphatic carbocycles. The van der Waals surface area contributed by atoms with Gasteiger partial charge in [0.2, 0.25) is 0 Å². The van der Waals surface area contributed by atoms with E-state index in [1.165, 1.54) is 6.07 Å². The van der Waals surface area contributed by atoms with E-state index in [-0.39, 0.29) is 41.9 Å². The lowest BCUT2D eigenvalue weighted by Gasteiger charge is -2.34. The number of nitrogens with zero attached hydrogens (tertiary/aromatic N) is 2. The molecule has 0 amide bonds. The zero-order chi connectivity index (χ0) is 18.8. The predicted molar refractivity (Wildman–Crippen MR) is 117 cm³/mol. The third-order valence-electron chi connectivity index (χ3n) is 4.29. The first-order valence-corrected chi connectivity index (χ1v) is 9.25. The Bertz CT molecular complexity index is 570. The highest BCUT2D eigenvalue weighted by atomic mass is 127. The number of halogens is 2. The number of ether oxygens (including phenoxy) is 2. The summed E-state index contributed by atoms with van der Waals surface area (Å²) in [6, 6.07) is 6.96. The number of hydrogen-bond donors (Lipinski definition) is 2. The largest absolute Gasteiger partial charge is 0.383 e. The summed E-state index contributed by atoms with van der Waals surface area (Å²) in [5.41, 5.74) is 0.941. The monoisotopic (exact) mass is 494 g/mol. The van der Waals surface area contributed by atoms with Gasteiger partial charge in [0.25, 0.3) is 0 Å². The molecule has 2 atom stereocenters. The number of guanidine groups is 1. The van der Waals surface area contributed by atoms with Crippen molar-refractivity contribution in [2.75, 3.05) is 53.1 Å². The fraction of sp³-hybridized carbons (Fsp3) is 0.632. The van der Waals surface area contributed by atoms with Gasteiger partial charge in [0.05, 0.1) is 32.4 Å². The molecule has 6 nitrogen and oxygen atoms in total. The van der Waals surface area contributed by atoms with Gasteiger partial charge in [-0.2, -0.15) is 0 Å². The minimum Gasteiger partial charge on any atom is -0.383 e. The van der Waals surface area contributed by atoms with Crippen LogP contribution in [0.3, 0.4) is 0 Å². The molecule has 1 saturated heterocycles. The van der Waals surface area contributed by atoms with Crippen LogP contribution in [0.2, 0.25) is 0 Å². The van der Waals surface area contributed by atoms with E-state index >= 15 is 0 Å². The van der Waals surface area contributed by atoms with Crippen LogP contribution in [0.5, 0.6) is 0 Å². The second-order valence-corrected chi connectivity index (χ2v) is 6.44. The molecule has 1 aromatic rings. The molecule has 8 heteroatoms. The Balaban J connectivity index is 0.00000364. The Morgan fingerprint density at radius 2 is 2.11 bits per heavy atom. The van der Waals surface area contributed by atoms with Crippen molar-refractivity contribution in [3.05, 3.63) is 35.6 Å². The van der Waals surface area contributed by atoms with Crippen LogP contribution in [0, 0.1) is 5.82 Å². The summed E-state index contributed by atoms with van der Waals surface area (Å²) >= 11 is 0. The molecule has 0 spiro atoms. The highest BCUT2D eigenvalue weighted by Gasteiger charge is 2.23. The average molecular weight is 494 g/mol. The van der Waals surface area contributed by atoms with E-state index < -0.39 is 0 Å². The zero-order valence-electron chi connectivity index (χ0n) is 16.4. The highest BCUT2D eigenvalue weighted by Crippen LogP contribution is 2.23. The van der Waals surface area contributed by atoms with E-state index in [2.05, 4.69) is 15.5 Å². The van der Waals surface area contributed by atoms with Crippen LogP contribution in [0.25, 0.3) is 0 Å². The molecule has 2 rings (SSSR count). The van der Waals surface area contributed by atoms with Crippen molar-refractivity contribution >= 4 is 29.9 Å². The normalized spacial score (nSPS) is 17.7. The molecule has 1 aliphatic heterocycles. The van der Waals surface area contributed by atoms with Crippen LogP contribution in [-0.2, 0) is 9.47 Å². The lowest BCUT2D eigenvalue weighted by Crippen LogP contribution is -2.45. The quantitative estimate of drug-likeness (QED) is 0.331. The van der Waals surface area contributed by atoms with E-state index in [0.29, 0.717) is 26.4 Å². The maximum atomic E-state index is 13.8. The lowest BCUT2D eigenvalue weighted by atomic mass is 10.0. The Hall–Kier alpha value is -0.970. The minimum absolute atomic E-state index is 0.